The zero-order valence-electron chi connectivity index (χ0n) is 16.5. The Morgan fingerprint density at radius 3 is 1.25 bits per heavy atom. The molecular weight excluding hydrogens is 408 g/mol. The molecule has 0 N–H and O–H groups in total. The molecule has 5 rings (SSSR count). The number of rotatable bonds is 2. The van der Waals surface area contributed by atoms with E-state index in [9.17, 15) is 19.2 Å². The molecule has 6 heteroatoms. The molecule has 0 amide bonds. The molecule has 0 bridgehead atoms. The minimum Gasteiger partial charge on any atom is -0.459 e. The van der Waals surface area contributed by atoms with Crippen LogP contribution in [0.1, 0.15) is 0 Å². The second-order valence-electron chi connectivity index (χ2n) is 7.18. The van der Waals surface area contributed by atoms with Crippen molar-refractivity contribution in [1.82, 2.24) is 0 Å². The first-order chi connectivity index (χ1) is 15.5. The van der Waals surface area contributed by atoms with Gasteiger partial charge in [0.1, 0.15) is 12.5 Å². The Kier molecular flexibility index (Phi) is 4.60. The molecule has 2 aromatic heterocycles. The molecule has 0 saturated carbocycles. The van der Waals surface area contributed by atoms with Crippen molar-refractivity contribution in [2.75, 3.05) is 0 Å². The molecule has 0 aliphatic carbocycles. The molecule has 3 aromatic carbocycles. The van der Waals surface area contributed by atoms with Crippen LogP contribution in [0.2, 0.25) is 0 Å². The lowest BCUT2D eigenvalue weighted by Crippen LogP contribution is -2.08. The van der Waals surface area contributed by atoms with Gasteiger partial charge < -0.3 is 8.83 Å². The van der Waals surface area contributed by atoms with Gasteiger partial charge in [-0.1, -0.05) is 48.5 Å². The van der Waals surface area contributed by atoms with E-state index in [4.69, 9.17) is 8.83 Å². The summed E-state index contributed by atoms with van der Waals surface area (Å²) in [6, 6.07) is 18.8. The molecule has 154 valence electrons. The molecule has 0 unspecified atom stereocenters. The highest BCUT2D eigenvalue weighted by molar-refractivity contribution is 5.83. The van der Waals surface area contributed by atoms with Gasteiger partial charge in [-0.05, 0) is 35.4 Å². The Bertz CT molecular complexity index is 1610. The first-order valence-electron chi connectivity index (χ1n) is 9.75. The van der Waals surface area contributed by atoms with Crippen LogP contribution in [0.3, 0.4) is 0 Å². The minimum absolute atomic E-state index is 0.0000442. The lowest BCUT2D eigenvalue weighted by molar-refractivity contribution is 0.601. The smallest absolute Gasteiger partial charge is 0.221 e. The van der Waals surface area contributed by atoms with Gasteiger partial charge in [-0.25, -0.2) is 0 Å². The van der Waals surface area contributed by atoms with E-state index in [-0.39, 0.29) is 43.7 Å². The van der Waals surface area contributed by atoms with Crippen LogP contribution in [0.5, 0.6) is 0 Å². The monoisotopic (exact) mass is 422 g/mol. The summed E-state index contributed by atoms with van der Waals surface area (Å²) in [6.45, 7) is 0. The second kappa shape index (κ2) is 7.59. The summed E-state index contributed by atoms with van der Waals surface area (Å²) in [4.78, 5) is 50.0. The van der Waals surface area contributed by atoms with E-state index in [2.05, 4.69) is 0 Å². The predicted molar refractivity (Wildman–Crippen MR) is 122 cm³/mol. The van der Waals surface area contributed by atoms with Crippen LogP contribution in [-0.4, -0.2) is 0 Å². The number of hydrogen-bond donors (Lipinski definition) is 0. The number of hydrogen-bond acceptors (Lipinski definition) is 6. The first kappa shape index (κ1) is 19.4. The second-order valence-corrected chi connectivity index (χ2v) is 7.18. The highest BCUT2D eigenvalue weighted by Gasteiger charge is 2.13. The normalized spacial score (nSPS) is 11.0. The quantitative estimate of drug-likeness (QED) is 0.428. The SMILES string of the molecule is O=c1c(-c2ccc(-c3coc4c(=O)ccccc4c3=O)cc2)coc2c(=O)ccccc12. The van der Waals surface area contributed by atoms with Crippen LogP contribution in [-0.2, 0) is 0 Å². The Hall–Kier alpha value is -4.58. The van der Waals surface area contributed by atoms with E-state index in [0.29, 0.717) is 22.3 Å². The zero-order valence-corrected chi connectivity index (χ0v) is 16.5. The van der Waals surface area contributed by atoms with Gasteiger partial charge in [0.2, 0.25) is 21.7 Å². The number of benzene rings is 1. The maximum Gasteiger partial charge on any atom is 0.221 e. The molecule has 0 spiro atoms. The lowest BCUT2D eigenvalue weighted by Gasteiger charge is -2.05. The van der Waals surface area contributed by atoms with Crippen LogP contribution in [0.25, 0.3) is 44.2 Å². The molecule has 0 fully saturated rings. The van der Waals surface area contributed by atoms with Crippen LogP contribution in [0.4, 0.5) is 0 Å². The van der Waals surface area contributed by atoms with Crippen molar-refractivity contribution in [3.8, 4) is 22.3 Å². The molecule has 0 saturated heterocycles. The average molecular weight is 422 g/mol. The van der Waals surface area contributed by atoms with E-state index >= 15 is 0 Å². The highest BCUT2D eigenvalue weighted by atomic mass is 16.3. The van der Waals surface area contributed by atoms with Gasteiger partial charge in [0.25, 0.3) is 0 Å². The number of fused-ring (bicyclic) bond motifs is 2. The summed E-state index contributed by atoms with van der Waals surface area (Å²) in [7, 11) is 0. The molecule has 0 aliphatic heterocycles. The molecule has 0 radical (unpaired) electrons. The van der Waals surface area contributed by atoms with Crippen molar-refractivity contribution >= 4 is 21.9 Å². The van der Waals surface area contributed by atoms with Crippen molar-refractivity contribution in [1.29, 1.82) is 0 Å². The zero-order chi connectivity index (χ0) is 22.2. The van der Waals surface area contributed by atoms with Crippen molar-refractivity contribution in [3.05, 3.63) is 126 Å². The Morgan fingerprint density at radius 1 is 0.469 bits per heavy atom. The Balaban J connectivity index is 1.64. The van der Waals surface area contributed by atoms with E-state index in [1.54, 1.807) is 60.7 Å². The lowest BCUT2D eigenvalue weighted by atomic mass is 10.0. The standard InChI is InChI=1S/C26H14O6/c27-21-7-3-1-5-17-23(29)19(13-31-25(17)21)15-9-11-16(12-10-15)20-14-32-26-18(24(20)30)6-2-4-8-22(26)28/h1-14H. The topological polar surface area (TPSA) is 94.6 Å². The Labute approximate surface area is 179 Å². The molecule has 2 heterocycles. The Morgan fingerprint density at radius 2 is 0.844 bits per heavy atom. The molecule has 0 aliphatic rings. The molecule has 5 aromatic rings. The van der Waals surface area contributed by atoms with Gasteiger partial charge in [0.15, 0.2) is 11.2 Å². The summed E-state index contributed by atoms with van der Waals surface area (Å²) < 4.78 is 10.9. The molecule has 32 heavy (non-hydrogen) atoms. The van der Waals surface area contributed by atoms with Crippen molar-refractivity contribution in [2.45, 2.75) is 0 Å². The third-order valence-electron chi connectivity index (χ3n) is 5.25. The maximum atomic E-state index is 12.9. The van der Waals surface area contributed by atoms with Crippen LogP contribution in [0, 0.1) is 0 Å². The molecule has 0 atom stereocenters. The summed E-state index contributed by atoms with van der Waals surface area (Å²) in [5, 5.41) is 0.385. The largest absolute Gasteiger partial charge is 0.459 e. The third-order valence-corrected chi connectivity index (χ3v) is 5.25. The van der Waals surface area contributed by atoms with Crippen LogP contribution >= 0.6 is 0 Å². The van der Waals surface area contributed by atoms with E-state index in [1.807, 2.05) is 0 Å². The molecular formula is C26H14O6. The summed E-state index contributed by atoms with van der Waals surface area (Å²) in [5.41, 5.74) is 0.333. The fraction of sp³-hybridized carbons (Fsp3) is 0. The van der Waals surface area contributed by atoms with E-state index in [1.165, 1.54) is 24.7 Å². The average Bonchev–Trinajstić information content (AvgIpc) is 3.11. The van der Waals surface area contributed by atoms with Gasteiger partial charge in [0, 0.05) is 0 Å². The van der Waals surface area contributed by atoms with Gasteiger partial charge in [-0.2, -0.15) is 0 Å². The van der Waals surface area contributed by atoms with E-state index < -0.39 is 0 Å². The van der Waals surface area contributed by atoms with Gasteiger partial charge in [-0.3, -0.25) is 19.2 Å². The first-order valence-corrected chi connectivity index (χ1v) is 9.75. The van der Waals surface area contributed by atoms with E-state index in [0.717, 1.165) is 0 Å². The minimum atomic E-state index is -0.373. The van der Waals surface area contributed by atoms with Crippen molar-refractivity contribution in [2.24, 2.45) is 0 Å². The molecule has 6 nitrogen and oxygen atoms in total. The van der Waals surface area contributed by atoms with Gasteiger partial charge >= 0.3 is 0 Å². The third kappa shape index (κ3) is 3.15. The van der Waals surface area contributed by atoms with Crippen molar-refractivity contribution < 1.29 is 8.83 Å². The fourth-order valence-corrected chi connectivity index (χ4v) is 3.62. The van der Waals surface area contributed by atoms with Gasteiger partial charge in [-0.15, -0.1) is 0 Å². The van der Waals surface area contributed by atoms with Crippen LogP contribution in [0.15, 0.2) is 113 Å². The van der Waals surface area contributed by atoms with Crippen LogP contribution < -0.4 is 21.7 Å². The summed E-state index contributed by atoms with van der Waals surface area (Å²) in [6.07, 6.45) is 2.53. The summed E-state index contributed by atoms with van der Waals surface area (Å²) in [5.74, 6) is 0. The fourth-order valence-electron chi connectivity index (χ4n) is 3.62. The predicted octanol–water partition coefficient (Wildman–Crippen LogP) is 3.95. The highest BCUT2D eigenvalue weighted by Crippen LogP contribution is 2.23. The maximum absolute atomic E-state index is 12.9. The van der Waals surface area contributed by atoms with Crippen molar-refractivity contribution in [3.63, 3.8) is 0 Å². The summed E-state index contributed by atoms with van der Waals surface area (Å²) >= 11 is 0. The van der Waals surface area contributed by atoms with Gasteiger partial charge in [0.05, 0.1) is 21.9 Å².